The summed E-state index contributed by atoms with van der Waals surface area (Å²) in [5.41, 5.74) is 5.12. The Kier molecular flexibility index (Phi) is 7.86. The predicted molar refractivity (Wildman–Crippen MR) is 151 cm³/mol. The highest BCUT2D eigenvalue weighted by atomic mass is 32.5. The van der Waals surface area contributed by atoms with Crippen molar-refractivity contribution in [2.75, 3.05) is 18.9 Å². The van der Waals surface area contributed by atoms with Gasteiger partial charge in [-0.25, -0.2) is 33.3 Å². The summed E-state index contributed by atoms with van der Waals surface area (Å²) < 4.78 is 80.3. The van der Waals surface area contributed by atoms with Crippen LogP contribution in [0.15, 0.2) is 30.0 Å². The number of nitrogens with zero attached hydrogens (tertiary/aromatic N) is 7. The highest BCUT2D eigenvalue weighted by Gasteiger charge is 2.54. The number of ether oxygens (including phenoxy) is 2. The number of aliphatic hydroxyl groups is 1. The molecule has 3 aliphatic rings. The summed E-state index contributed by atoms with van der Waals surface area (Å²) in [5, 5.41) is 10.6. The van der Waals surface area contributed by atoms with Crippen molar-refractivity contribution in [3.63, 3.8) is 0 Å². The monoisotopic (exact) mass is 708 g/mol. The molecule has 10 atom stereocenters. The van der Waals surface area contributed by atoms with Crippen LogP contribution in [0.5, 0.6) is 0 Å². The highest BCUT2D eigenvalue weighted by Crippen LogP contribution is 2.54. The number of aryl methyl sites for hydroxylation is 1. The number of nitrogen functional groups attached to an aromatic ring is 1. The first-order valence-electron chi connectivity index (χ1n) is 13.3. The summed E-state index contributed by atoms with van der Waals surface area (Å²) in [6, 6.07) is 0. The molecule has 0 spiro atoms. The van der Waals surface area contributed by atoms with Crippen molar-refractivity contribution in [1.82, 2.24) is 33.6 Å². The van der Waals surface area contributed by atoms with Gasteiger partial charge in [0.05, 0.1) is 25.9 Å². The summed E-state index contributed by atoms with van der Waals surface area (Å²) in [5.74, 6) is -0.972. The number of nitrogens with two attached hydrogens (primary N) is 1. The summed E-state index contributed by atoms with van der Waals surface area (Å²) >= 11 is 5.11. The van der Waals surface area contributed by atoms with Gasteiger partial charge in [0.25, 0.3) is 5.56 Å². The second-order valence-corrected chi connectivity index (χ2v) is 14.8. The number of hydrogen-bond donors (Lipinski definition) is 4. The van der Waals surface area contributed by atoms with E-state index in [1.54, 1.807) is 0 Å². The number of fused-ring (bicyclic) bond motifs is 5. The fraction of sp³-hybridized carbons (Fsp3) is 0.500. The second-order valence-electron chi connectivity index (χ2n) is 10.6. The number of phosphoric ester groups is 1. The van der Waals surface area contributed by atoms with Crippen molar-refractivity contribution in [1.29, 1.82) is 0 Å². The van der Waals surface area contributed by atoms with Gasteiger partial charge < -0.3 is 43.8 Å². The summed E-state index contributed by atoms with van der Waals surface area (Å²) in [4.78, 5) is 50.2. The van der Waals surface area contributed by atoms with Crippen molar-refractivity contribution >= 4 is 54.4 Å². The molecule has 4 aromatic heterocycles. The van der Waals surface area contributed by atoms with Crippen LogP contribution in [0.1, 0.15) is 12.5 Å². The first-order chi connectivity index (χ1) is 21.7. The molecule has 0 aromatic carbocycles. The van der Waals surface area contributed by atoms with Crippen LogP contribution < -0.4 is 11.3 Å². The van der Waals surface area contributed by atoms with Crippen LogP contribution in [0, 0.1) is 5.82 Å². The number of hydrogen-bond acceptors (Lipinski definition) is 15. The van der Waals surface area contributed by atoms with E-state index < -0.39 is 93.7 Å². The average molecular weight is 708 g/mol. The fourth-order valence-corrected chi connectivity index (χ4v) is 7.88. The Balaban J connectivity index is 1.21. The Morgan fingerprint density at radius 3 is 2.52 bits per heavy atom. The molecule has 46 heavy (non-hydrogen) atoms. The molecule has 0 aliphatic carbocycles. The van der Waals surface area contributed by atoms with Crippen LogP contribution in [0.3, 0.4) is 0 Å². The Hall–Kier alpha value is -2.85. The van der Waals surface area contributed by atoms with Gasteiger partial charge >= 0.3 is 14.5 Å². The lowest BCUT2D eigenvalue weighted by molar-refractivity contribution is -0.0642. The molecule has 3 unspecified atom stereocenters. The van der Waals surface area contributed by atoms with Crippen LogP contribution in [0.4, 0.5) is 14.6 Å². The normalized spacial score (nSPS) is 37.2. The Morgan fingerprint density at radius 2 is 1.74 bits per heavy atom. The highest BCUT2D eigenvalue weighted by molar-refractivity contribution is 8.07. The lowest BCUT2D eigenvalue weighted by atomic mass is 10.1. The topological polar surface area (TPSA) is 243 Å². The van der Waals surface area contributed by atoms with Crippen molar-refractivity contribution in [3.05, 3.63) is 41.3 Å². The smallest absolute Gasteiger partial charge is 0.387 e. The van der Waals surface area contributed by atoms with Gasteiger partial charge in [0.1, 0.15) is 47.8 Å². The van der Waals surface area contributed by atoms with Gasteiger partial charge in [-0.15, -0.1) is 0 Å². The largest absolute Gasteiger partial charge is 0.472 e. The molecule has 0 radical (unpaired) electrons. The summed E-state index contributed by atoms with van der Waals surface area (Å²) in [7, 11) is -3.80. The van der Waals surface area contributed by atoms with E-state index in [0.717, 1.165) is 28.0 Å². The van der Waals surface area contributed by atoms with Crippen LogP contribution in [0.2, 0.25) is 0 Å². The van der Waals surface area contributed by atoms with Gasteiger partial charge in [-0.1, -0.05) is 0 Å². The van der Waals surface area contributed by atoms with Gasteiger partial charge in [0.15, 0.2) is 41.6 Å². The minimum atomic E-state index is -5.16. The third-order valence-corrected chi connectivity index (χ3v) is 10.2. The Bertz CT molecular complexity index is 2000. The van der Waals surface area contributed by atoms with Crippen molar-refractivity contribution in [2.24, 2.45) is 7.05 Å². The minimum absolute atomic E-state index is 0.0168. The number of phosphoric acid groups is 1. The standard InChI is InChI=1S/C22H24F2N8O11P2S/c1-30-6-29-18-11(20(30)34)8(23)2-31(18)22-16-14(33)9(40-22)3-39-45(37,46)43-15-10(4-38-44(35,36)42-16)41-21(12(15)24)32-7-28-13-17(25)26-5-27-19(13)32/h2,5-7,9-10,12,14-16,21-22,33H,3-4H2,1H3,(H,35,36)(H,37,46)(H2,25,26,27)/t9-,10?,12-,14-,15-,16-,21-,22-,45?/m1/s1. The molecule has 248 valence electrons. The molecule has 19 nitrogen and oxygen atoms in total. The van der Waals surface area contributed by atoms with E-state index in [0.29, 0.717) is 0 Å². The van der Waals surface area contributed by atoms with E-state index >= 15 is 4.39 Å². The number of alkyl halides is 1. The molecule has 3 aliphatic heterocycles. The molecule has 2 bridgehead atoms. The number of aliphatic hydroxyl groups excluding tert-OH is 1. The van der Waals surface area contributed by atoms with Gasteiger partial charge in [-0.2, -0.15) is 0 Å². The Morgan fingerprint density at radius 1 is 1.00 bits per heavy atom. The van der Waals surface area contributed by atoms with Crippen LogP contribution in [0.25, 0.3) is 22.2 Å². The first-order valence-corrected chi connectivity index (χ1v) is 17.4. The molecule has 4 aromatic rings. The van der Waals surface area contributed by atoms with Crippen molar-refractivity contribution < 1.29 is 55.8 Å². The van der Waals surface area contributed by atoms with Gasteiger partial charge in [0, 0.05) is 13.2 Å². The predicted octanol–water partition coefficient (Wildman–Crippen LogP) is -0.0756. The SMILES string of the molecule is Cn1cnc2c(c(F)cn2[C@@H]2O[C@@H]3COP(O)(=S)O[C@@H]4C(COP(=O)(O)O[C@@H]2[C@@H]3O)O[C@@H](n2cnc3c(N)ncnc32)[C@@H]4F)c1=O. The van der Waals surface area contributed by atoms with E-state index in [2.05, 4.69) is 19.9 Å². The fourth-order valence-electron chi connectivity index (χ4n) is 5.51. The third kappa shape index (κ3) is 5.37. The zero-order valence-electron chi connectivity index (χ0n) is 23.2. The van der Waals surface area contributed by atoms with Gasteiger partial charge in [0.2, 0.25) is 0 Å². The van der Waals surface area contributed by atoms with E-state index in [1.807, 2.05) is 0 Å². The zero-order chi connectivity index (χ0) is 32.7. The quantitative estimate of drug-likeness (QED) is 0.199. The van der Waals surface area contributed by atoms with Crippen LogP contribution in [-0.4, -0.2) is 98.4 Å². The Labute approximate surface area is 260 Å². The number of rotatable bonds is 2. The molecule has 7 heterocycles. The first kappa shape index (κ1) is 31.7. The number of imidazole rings is 1. The number of aromatic nitrogens is 7. The molecule has 24 heteroatoms. The van der Waals surface area contributed by atoms with Crippen LogP contribution >= 0.6 is 14.5 Å². The third-order valence-electron chi connectivity index (χ3n) is 7.68. The molecular weight excluding hydrogens is 684 g/mol. The molecule has 0 amide bonds. The lowest BCUT2D eigenvalue weighted by Gasteiger charge is -2.26. The minimum Gasteiger partial charge on any atom is -0.387 e. The lowest BCUT2D eigenvalue weighted by Crippen LogP contribution is -2.35. The molecular formula is C22H24F2N8O11P2S. The van der Waals surface area contributed by atoms with E-state index in [9.17, 15) is 28.6 Å². The van der Waals surface area contributed by atoms with Gasteiger partial charge in [-0.3, -0.25) is 22.9 Å². The maximum absolute atomic E-state index is 16.0. The maximum Gasteiger partial charge on any atom is 0.472 e. The number of anilines is 1. The zero-order valence-corrected chi connectivity index (χ0v) is 25.8. The summed E-state index contributed by atoms with van der Waals surface area (Å²) in [6.07, 6.45) is -9.06. The van der Waals surface area contributed by atoms with Crippen LogP contribution in [-0.2, 0) is 51.0 Å². The summed E-state index contributed by atoms with van der Waals surface area (Å²) in [6.45, 7) is -5.90. The van der Waals surface area contributed by atoms with E-state index in [-0.39, 0.29) is 22.6 Å². The molecule has 5 N–H and O–H groups in total. The van der Waals surface area contributed by atoms with Crippen molar-refractivity contribution in [2.45, 2.75) is 49.1 Å². The molecule has 3 fully saturated rings. The average Bonchev–Trinajstić information content (AvgIpc) is 3.73. The number of halogens is 2. The van der Waals surface area contributed by atoms with Gasteiger partial charge in [-0.05, 0) is 11.8 Å². The maximum atomic E-state index is 16.0. The van der Waals surface area contributed by atoms with E-state index in [1.165, 1.54) is 17.9 Å². The second kappa shape index (κ2) is 11.4. The van der Waals surface area contributed by atoms with E-state index in [4.69, 9.17) is 45.1 Å². The van der Waals surface area contributed by atoms with Crippen molar-refractivity contribution in [3.8, 4) is 0 Å². The molecule has 7 rings (SSSR count). The molecule has 3 saturated heterocycles. The molecule has 0 saturated carbocycles.